The molecule has 148 valence electrons. The first-order chi connectivity index (χ1) is 13.4. The zero-order valence-electron chi connectivity index (χ0n) is 16.6. The number of anilines is 1. The van der Waals surface area contributed by atoms with Crippen molar-refractivity contribution in [2.45, 2.75) is 0 Å². The lowest BCUT2D eigenvalue weighted by Crippen LogP contribution is -2.21. The summed E-state index contributed by atoms with van der Waals surface area (Å²) >= 11 is 0. The minimum atomic E-state index is -0.317. The Balaban J connectivity index is 2.10. The monoisotopic (exact) mass is 384 g/mol. The number of rotatable bonds is 7. The number of nitrogens with one attached hydrogen (secondary N) is 1. The van der Waals surface area contributed by atoms with E-state index >= 15 is 0 Å². The van der Waals surface area contributed by atoms with Gasteiger partial charge in [-0.2, -0.15) is 0 Å². The first-order valence-electron chi connectivity index (χ1n) is 8.50. The molecule has 0 heterocycles. The molecule has 2 aromatic rings. The molecule has 0 fully saturated rings. The van der Waals surface area contributed by atoms with Crippen LogP contribution in [0.5, 0.6) is 17.2 Å². The van der Waals surface area contributed by atoms with Gasteiger partial charge in [-0.15, -0.1) is 0 Å². The third-order valence-corrected chi connectivity index (χ3v) is 3.92. The lowest BCUT2D eigenvalue weighted by atomic mass is 10.1. The number of carbonyl (C=O) groups excluding carboxylic acids is 2. The van der Waals surface area contributed by atoms with Crippen molar-refractivity contribution in [2.75, 3.05) is 40.7 Å². The SMILES string of the molecule is COc1cc(NC(=O)/C=C/c2ccc(C(=O)N(C)C)cc2)cc(OC)c1OC. The molecule has 28 heavy (non-hydrogen) atoms. The molecule has 2 aromatic carbocycles. The minimum absolute atomic E-state index is 0.0735. The van der Waals surface area contributed by atoms with Gasteiger partial charge in [0.05, 0.1) is 21.3 Å². The topological polar surface area (TPSA) is 77.1 Å². The van der Waals surface area contributed by atoms with Crippen LogP contribution in [0.4, 0.5) is 5.69 Å². The second-order valence-corrected chi connectivity index (χ2v) is 6.06. The summed E-state index contributed by atoms with van der Waals surface area (Å²) in [6.07, 6.45) is 3.07. The number of ether oxygens (including phenoxy) is 3. The van der Waals surface area contributed by atoms with E-state index in [0.717, 1.165) is 5.56 Å². The Hall–Kier alpha value is -3.48. The van der Waals surface area contributed by atoms with Gasteiger partial charge in [-0.25, -0.2) is 0 Å². The van der Waals surface area contributed by atoms with Crippen LogP contribution in [0.1, 0.15) is 15.9 Å². The van der Waals surface area contributed by atoms with E-state index in [2.05, 4.69) is 5.32 Å². The van der Waals surface area contributed by atoms with E-state index in [1.807, 2.05) is 0 Å². The molecular formula is C21H24N2O5. The summed E-state index contributed by atoms with van der Waals surface area (Å²) in [7, 11) is 7.92. The maximum atomic E-state index is 12.2. The van der Waals surface area contributed by atoms with E-state index in [1.165, 1.54) is 32.3 Å². The molecular weight excluding hydrogens is 360 g/mol. The molecule has 2 amide bonds. The Bertz CT molecular complexity index is 848. The standard InChI is InChI=1S/C21H24N2O5/c1-23(2)21(25)15-9-6-14(7-10-15)8-11-19(24)22-16-12-17(26-3)20(28-5)18(13-16)27-4/h6-13H,1-5H3,(H,22,24)/b11-8+. The third-order valence-electron chi connectivity index (χ3n) is 3.92. The molecule has 0 unspecified atom stereocenters. The molecule has 7 heteroatoms. The number of benzene rings is 2. The first kappa shape index (κ1) is 20.8. The highest BCUT2D eigenvalue weighted by molar-refractivity contribution is 6.02. The van der Waals surface area contributed by atoms with Gasteiger partial charge in [-0.3, -0.25) is 9.59 Å². The van der Waals surface area contributed by atoms with Crippen LogP contribution in [0.2, 0.25) is 0 Å². The highest BCUT2D eigenvalue weighted by Crippen LogP contribution is 2.39. The maximum Gasteiger partial charge on any atom is 0.253 e. The van der Waals surface area contributed by atoms with Crippen LogP contribution in [-0.4, -0.2) is 52.1 Å². The van der Waals surface area contributed by atoms with Crippen LogP contribution in [0.3, 0.4) is 0 Å². The van der Waals surface area contributed by atoms with Crippen molar-refractivity contribution < 1.29 is 23.8 Å². The van der Waals surface area contributed by atoms with Crippen LogP contribution in [0.15, 0.2) is 42.5 Å². The summed E-state index contributed by atoms with van der Waals surface area (Å²) < 4.78 is 15.8. The van der Waals surface area contributed by atoms with E-state index in [9.17, 15) is 9.59 Å². The van der Waals surface area contributed by atoms with Gasteiger partial charge in [-0.05, 0) is 23.8 Å². The molecule has 0 saturated heterocycles. The van der Waals surface area contributed by atoms with E-state index in [0.29, 0.717) is 28.5 Å². The van der Waals surface area contributed by atoms with Crippen molar-refractivity contribution in [3.05, 3.63) is 53.6 Å². The zero-order valence-corrected chi connectivity index (χ0v) is 16.6. The molecule has 0 atom stereocenters. The van der Waals surface area contributed by atoms with Crippen molar-refractivity contribution in [2.24, 2.45) is 0 Å². The number of methoxy groups -OCH3 is 3. The van der Waals surface area contributed by atoms with Crippen LogP contribution in [0.25, 0.3) is 6.08 Å². The highest BCUT2D eigenvalue weighted by Gasteiger charge is 2.14. The fourth-order valence-electron chi connectivity index (χ4n) is 2.50. The second-order valence-electron chi connectivity index (χ2n) is 6.06. The summed E-state index contributed by atoms with van der Waals surface area (Å²) in [4.78, 5) is 25.6. The van der Waals surface area contributed by atoms with Crippen molar-refractivity contribution >= 4 is 23.6 Å². The number of carbonyl (C=O) groups is 2. The molecule has 0 aromatic heterocycles. The quantitative estimate of drug-likeness (QED) is 0.743. The molecule has 1 N–H and O–H groups in total. The Morgan fingerprint density at radius 1 is 0.929 bits per heavy atom. The van der Waals surface area contributed by atoms with E-state index in [1.54, 1.807) is 56.6 Å². The predicted octanol–water partition coefficient (Wildman–Crippen LogP) is 3.07. The maximum absolute atomic E-state index is 12.2. The van der Waals surface area contributed by atoms with Gasteiger partial charge in [0, 0.05) is 43.6 Å². The Labute approximate surface area is 164 Å². The van der Waals surface area contributed by atoms with Crippen molar-refractivity contribution in [1.29, 1.82) is 0 Å². The second kappa shape index (κ2) is 9.45. The van der Waals surface area contributed by atoms with Crippen LogP contribution in [0, 0.1) is 0 Å². The fraction of sp³-hybridized carbons (Fsp3) is 0.238. The van der Waals surface area contributed by atoms with Gasteiger partial charge in [-0.1, -0.05) is 12.1 Å². The van der Waals surface area contributed by atoms with E-state index in [4.69, 9.17) is 14.2 Å². The van der Waals surface area contributed by atoms with Gasteiger partial charge < -0.3 is 24.4 Å². The average molecular weight is 384 g/mol. The zero-order chi connectivity index (χ0) is 20.7. The van der Waals surface area contributed by atoms with Crippen molar-refractivity contribution in [3.63, 3.8) is 0 Å². The summed E-state index contributed by atoms with van der Waals surface area (Å²) in [5.41, 5.74) is 1.90. The molecule has 0 saturated carbocycles. The molecule has 7 nitrogen and oxygen atoms in total. The highest BCUT2D eigenvalue weighted by atomic mass is 16.5. The van der Waals surface area contributed by atoms with Crippen LogP contribution < -0.4 is 19.5 Å². The molecule has 0 bridgehead atoms. The fourth-order valence-corrected chi connectivity index (χ4v) is 2.50. The van der Waals surface area contributed by atoms with E-state index in [-0.39, 0.29) is 11.8 Å². The Kier molecular flexibility index (Phi) is 7.03. The minimum Gasteiger partial charge on any atom is -0.493 e. The Morgan fingerprint density at radius 2 is 1.50 bits per heavy atom. The lowest BCUT2D eigenvalue weighted by molar-refractivity contribution is -0.111. The first-order valence-corrected chi connectivity index (χ1v) is 8.50. The number of amides is 2. The summed E-state index contributed by atoms with van der Waals surface area (Å²) in [5.74, 6) is 0.953. The molecule has 0 aliphatic rings. The average Bonchev–Trinajstić information content (AvgIpc) is 2.71. The number of hydrogen-bond acceptors (Lipinski definition) is 5. The van der Waals surface area contributed by atoms with Gasteiger partial charge in [0.15, 0.2) is 11.5 Å². The van der Waals surface area contributed by atoms with Gasteiger partial charge >= 0.3 is 0 Å². The molecule has 0 radical (unpaired) electrons. The van der Waals surface area contributed by atoms with Gasteiger partial charge in [0.25, 0.3) is 5.91 Å². The molecule has 0 spiro atoms. The molecule has 2 rings (SSSR count). The van der Waals surface area contributed by atoms with Crippen molar-refractivity contribution in [3.8, 4) is 17.2 Å². The van der Waals surface area contributed by atoms with Gasteiger partial charge in [0.2, 0.25) is 11.7 Å². The largest absolute Gasteiger partial charge is 0.493 e. The van der Waals surface area contributed by atoms with Gasteiger partial charge in [0.1, 0.15) is 0 Å². The molecule has 0 aliphatic carbocycles. The smallest absolute Gasteiger partial charge is 0.253 e. The Morgan fingerprint density at radius 3 is 1.96 bits per heavy atom. The van der Waals surface area contributed by atoms with Crippen molar-refractivity contribution in [1.82, 2.24) is 4.90 Å². The third kappa shape index (κ3) is 5.03. The summed E-state index contributed by atoms with van der Waals surface area (Å²) in [6, 6.07) is 10.3. The van der Waals surface area contributed by atoms with E-state index < -0.39 is 0 Å². The number of nitrogens with zero attached hydrogens (tertiary/aromatic N) is 1. The lowest BCUT2D eigenvalue weighted by Gasteiger charge is -2.14. The van der Waals surface area contributed by atoms with Crippen LogP contribution >= 0.6 is 0 Å². The summed E-state index contributed by atoms with van der Waals surface area (Å²) in [6.45, 7) is 0. The molecule has 0 aliphatic heterocycles. The predicted molar refractivity (Wildman–Crippen MR) is 108 cm³/mol. The normalized spacial score (nSPS) is 10.5. The summed E-state index contributed by atoms with van der Waals surface area (Å²) in [5, 5.41) is 2.76. The number of hydrogen-bond donors (Lipinski definition) is 1. The van der Waals surface area contributed by atoms with Crippen LogP contribution in [-0.2, 0) is 4.79 Å².